The molecule has 1 aromatic rings. The standard InChI is InChI=1S/C17H24ClNO2/c1-17(2,3)21-16(20)19-10-4-5-14(12-19)11-13-6-8-15(18)9-7-13/h6-9,14H,4-5,10-12H2,1-3H3/t14-/m0/s1. The molecule has 1 saturated heterocycles. The molecule has 0 aliphatic carbocycles. The highest BCUT2D eigenvalue weighted by Gasteiger charge is 2.27. The number of hydrogen-bond donors (Lipinski definition) is 0. The SMILES string of the molecule is CC(C)(C)OC(=O)N1CCC[C@@H](Cc2ccc(Cl)cc2)C1. The average Bonchev–Trinajstić information content (AvgIpc) is 2.40. The quantitative estimate of drug-likeness (QED) is 0.803. The van der Waals surface area contributed by atoms with Crippen LogP contribution in [0.4, 0.5) is 4.79 Å². The average molecular weight is 310 g/mol. The van der Waals surface area contributed by atoms with Gasteiger partial charge in [-0.25, -0.2) is 4.79 Å². The van der Waals surface area contributed by atoms with Gasteiger partial charge < -0.3 is 9.64 Å². The number of carbonyl (C=O) groups is 1. The van der Waals surface area contributed by atoms with Crippen LogP contribution in [0, 0.1) is 5.92 Å². The zero-order valence-corrected chi connectivity index (χ0v) is 13.8. The summed E-state index contributed by atoms with van der Waals surface area (Å²) in [5.74, 6) is 0.493. The molecule has 4 heteroatoms. The Morgan fingerprint density at radius 1 is 1.33 bits per heavy atom. The van der Waals surface area contributed by atoms with Crippen molar-refractivity contribution in [1.82, 2.24) is 4.90 Å². The van der Waals surface area contributed by atoms with E-state index in [1.165, 1.54) is 5.56 Å². The maximum atomic E-state index is 12.1. The smallest absolute Gasteiger partial charge is 0.410 e. The van der Waals surface area contributed by atoms with Crippen LogP contribution in [0.3, 0.4) is 0 Å². The van der Waals surface area contributed by atoms with E-state index in [-0.39, 0.29) is 6.09 Å². The van der Waals surface area contributed by atoms with Gasteiger partial charge in [-0.15, -0.1) is 0 Å². The minimum Gasteiger partial charge on any atom is -0.444 e. The highest BCUT2D eigenvalue weighted by atomic mass is 35.5. The van der Waals surface area contributed by atoms with Crippen LogP contribution < -0.4 is 0 Å². The molecule has 3 nitrogen and oxygen atoms in total. The molecule has 21 heavy (non-hydrogen) atoms. The lowest BCUT2D eigenvalue weighted by Gasteiger charge is -2.34. The number of benzene rings is 1. The van der Waals surface area contributed by atoms with Gasteiger partial charge in [-0.2, -0.15) is 0 Å². The Balaban J connectivity index is 1.91. The first-order chi connectivity index (χ1) is 9.83. The number of ether oxygens (including phenoxy) is 1. The first-order valence-corrected chi connectivity index (χ1v) is 7.94. The van der Waals surface area contributed by atoms with Gasteiger partial charge in [0.25, 0.3) is 0 Å². The van der Waals surface area contributed by atoms with Gasteiger partial charge in [0.15, 0.2) is 0 Å². The fourth-order valence-corrected chi connectivity index (χ4v) is 2.80. The first-order valence-electron chi connectivity index (χ1n) is 7.56. The molecule has 1 aliphatic rings. The molecule has 2 rings (SSSR count). The minimum atomic E-state index is -0.430. The molecule has 0 bridgehead atoms. The van der Waals surface area contributed by atoms with Gasteiger partial charge in [-0.3, -0.25) is 0 Å². The zero-order chi connectivity index (χ0) is 15.5. The largest absolute Gasteiger partial charge is 0.444 e. The molecule has 0 N–H and O–H groups in total. The predicted octanol–water partition coefficient (Wildman–Crippen LogP) is 4.53. The van der Waals surface area contributed by atoms with E-state index in [0.717, 1.165) is 37.4 Å². The van der Waals surface area contributed by atoms with Gasteiger partial charge in [0.2, 0.25) is 0 Å². The molecule has 1 aliphatic heterocycles. The summed E-state index contributed by atoms with van der Waals surface area (Å²) in [7, 11) is 0. The van der Waals surface area contributed by atoms with E-state index >= 15 is 0 Å². The lowest BCUT2D eigenvalue weighted by molar-refractivity contribution is 0.0166. The summed E-state index contributed by atoms with van der Waals surface area (Å²) in [6.45, 7) is 7.28. The normalized spacial score (nSPS) is 19.4. The third kappa shape index (κ3) is 5.24. The summed E-state index contributed by atoms with van der Waals surface area (Å²) in [4.78, 5) is 14.0. The molecule has 1 fully saturated rings. The topological polar surface area (TPSA) is 29.5 Å². The van der Waals surface area contributed by atoms with Crippen LogP contribution in [0.1, 0.15) is 39.2 Å². The van der Waals surface area contributed by atoms with Crippen LogP contribution in [0.25, 0.3) is 0 Å². The second-order valence-electron chi connectivity index (χ2n) is 6.77. The molecule has 116 valence electrons. The predicted molar refractivity (Wildman–Crippen MR) is 85.7 cm³/mol. The molecule has 0 aromatic heterocycles. The third-order valence-electron chi connectivity index (χ3n) is 3.61. The Morgan fingerprint density at radius 2 is 2.00 bits per heavy atom. The molecule has 1 aromatic carbocycles. The van der Waals surface area contributed by atoms with Crippen LogP contribution in [0.15, 0.2) is 24.3 Å². The summed E-state index contributed by atoms with van der Waals surface area (Å²) in [6, 6.07) is 7.97. The Morgan fingerprint density at radius 3 is 2.62 bits per heavy atom. The number of nitrogens with zero attached hydrogens (tertiary/aromatic N) is 1. The van der Waals surface area contributed by atoms with Crippen molar-refractivity contribution < 1.29 is 9.53 Å². The fraction of sp³-hybridized carbons (Fsp3) is 0.588. The van der Waals surface area contributed by atoms with Crippen LogP contribution in [-0.2, 0) is 11.2 Å². The molecule has 0 unspecified atom stereocenters. The maximum Gasteiger partial charge on any atom is 0.410 e. The van der Waals surface area contributed by atoms with E-state index in [0.29, 0.717) is 5.92 Å². The summed E-state index contributed by atoms with van der Waals surface area (Å²) in [5.41, 5.74) is 0.843. The van der Waals surface area contributed by atoms with Crippen molar-refractivity contribution in [3.05, 3.63) is 34.9 Å². The summed E-state index contributed by atoms with van der Waals surface area (Å²) in [5, 5.41) is 0.762. The van der Waals surface area contributed by atoms with Gasteiger partial charge in [0, 0.05) is 18.1 Å². The number of amides is 1. The number of rotatable bonds is 2. The highest BCUT2D eigenvalue weighted by Crippen LogP contribution is 2.23. The minimum absolute atomic E-state index is 0.191. The second kappa shape index (κ2) is 6.69. The molecule has 1 heterocycles. The first kappa shape index (κ1) is 16.2. The van der Waals surface area contributed by atoms with Crippen LogP contribution in [-0.4, -0.2) is 29.7 Å². The molecule has 1 atom stereocenters. The van der Waals surface area contributed by atoms with E-state index in [1.807, 2.05) is 37.8 Å². The Labute approximate surface area is 132 Å². The van der Waals surface area contributed by atoms with E-state index < -0.39 is 5.60 Å². The van der Waals surface area contributed by atoms with Crippen molar-refractivity contribution in [2.75, 3.05) is 13.1 Å². The summed E-state index contributed by atoms with van der Waals surface area (Å²) >= 11 is 5.91. The molecular formula is C17H24ClNO2. The van der Waals surface area contributed by atoms with E-state index in [4.69, 9.17) is 16.3 Å². The van der Waals surface area contributed by atoms with Crippen molar-refractivity contribution >= 4 is 17.7 Å². The molecule has 0 spiro atoms. The summed E-state index contributed by atoms with van der Waals surface area (Å²) < 4.78 is 5.46. The lowest BCUT2D eigenvalue weighted by atomic mass is 9.91. The van der Waals surface area contributed by atoms with Gasteiger partial charge >= 0.3 is 6.09 Å². The number of likely N-dealkylation sites (tertiary alicyclic amines) is 1. The van der Waals surface area contributed by atoms with Gasteiger partial charge in [0.05, 0.1) is 0 Å². The van der Waals surface area contributed by atoms with Gasteiger partial charge in [-0.05, 0) is 63.6 Å². The van der Waals surface area contributed by atoms with Crippen LogP contribution >= 0.6 is 11.6 Å². The van der Waals surface area contributed by atoms with Crippen LogP contribution in [0.2, 0.25) is 5.02 Å². The van der Waals surface area contributed by atoms with Crippen LogP contribution in [0.5, 0.6) is 0 Å². The zero-order valence-electron chi connectivity index (χ0n) is 13.1. The number of hydrogen-bond acceptors (Lipinski definition) is 2. The van der Waals surface area contributed by atoms with Crippen molar-refractivity contribution in [1.29, 1.82) is 0 Å². The Hall–Kier alpha value is -1.22. The molecular weight excluding hydrogens is 286 g/mol. The number of piperidine rings is 1. The molecule has 0 radical (unpaired) electrons. The third-order valence-corrected chi connectivity index (χ3v) is 3.86. The Kier molecular flexibility index (Phi) is 5.15. The van der Waals surface area contributed by atoms with Crippen molar-refractivity contribution in [2.45, 2.75) is 45.6 Å². The number of halogens is 1. The van der Waals surface area contributed by atoms with Gasteiger partial charge in [0.1, 0.15) is 5.60 Å². The maximum absolute atomic E-state index is 12.1. The molecule has 1 amide bonds. The second-order valence-corrected chi connectivity index (χ2v) is 7.20. The monoisotopic (exact) mass is 309 g/mol. The van der Waals surface area contributed by atoms with Crippen molar-refractivity contribution in [3.8, 4) is 0 Å². The van der Waals surface area contributed by atoms with E-state index in [2.05, 4.69) is 12.1 Å². The Bertz CT molecular complexity index is 479. The highest BCUT2D eigenvalue weighted by molar-refractivity contribution is 6.30. The number of carbonyl (C=O) groups excluding carboxylic acids is 1. The van der Waals surface area contributed by atoms with E-state index in [1.54, 1.807) is 0 Å². The fourth-order valence-electron chi connectivity index (χ4n) is 2.68. The van der Waals surface area contributed by atoms with Crippen molar-refractivity contribution in [3.63, 3.8) is 0 Å². The molecule has 0 saturated carbocycles. The lowest BCUT2D eigenvalue weighted by Crippen LogP contribution is -2.43. The van der Waals surface area contributed by atoms with E-state index in [9.17, 15) is 4.79 Å². The summed E-state index contributed by atoms with van der Waals surface area (Å²) in [6.07, 6.45) is 2.99. The van der Waals surface area contributed by atoms with Gasteiger partial charge in [-0.1, -0.05) is 23.7 Å². The van der Waals surface area contributed by atoms with Crippen molar-refractivity contribution in [2.24, 2.45) is 5.92 Å².